The molecule has 1 saturated heterocycles. The van der Waals surface area contributed by atoms with Crippen molar-refractivity contribution in [1.29, 1.82) is 0 Å². The molecule has 0 spiro atoms. The van der Waals surface area contributed by atoms with Gasteiger partial charge in [-0.25, -0.2) is 8.42 Å². The van der Waals surface area contributed by atoms with Crippen LogP contribution >= 0.6 is 33.9 Å². The molecule has 0 bridgehead atoms. The van der Waals surface area contributed by atoms with Crippen molar-refractivity contribution in [3.8, 4) is 0 Å². The molecule has 1 amide bonds. The molecule has 1 aliphatic heterocycles. The fourth-order valence-electron chi connectivity index (χ4n) is 1.95. The molecule has 2 rings (SSSR count). The Bertz CT molecular complexity index is 624. The lowest BCUT2D eigenvalue weighted by molar-refractivity contribution is 0.0793. The second kappa shape index (κ2) is 5.48. The van der Waals surface area contributed by atoms with E-state index in [9.17, 15) is 13.2 Å². The molecule has 0 aliphatic carbocycles. The van der Waals surface area contributed by atoms with Crippen molar-refractivity contribution < 1.29 is 13.2 Å². The number of amides is 1. The molecular weight excluding hydrogens is 333 g/mol. The van der Waals surface area contributed by atoms with E-state index in [1.165, 1.54) is 0 Å². The summed E-state index contributed by atoms with van der Waals surface area (Å²) in [5.74, 6) is -0.327. The lowest BCUT2D eigenvalue weighted by Gasteiger charge is -2.17. The standard InChI is InChI=1S/C11H10Cl3NO3S/c12-9-6-7(19(14,17)18)5-8(10(9)13)11(16)15-3-1-2-4-15/h5-6H,1-4H2. The van der Waals surface area contributed by atoms with Crippen LogP contribution in [0.4, 0.5) is 0 Å². The first-order valence-corrected chi connectivity index (χ1v) is 8.60. The van der Waals surface area contributed by atoms with E-state index in [2.05, 4.69) is 0 Å². The molecule has 0 radical (unpaired) electrons. The van der Waals surface area contributed by atoms with Gasteiger partial charge in [-0.05, 0) is 25.0 Å². The maximum Gasteiger partial charge on any atom is 0.261 e. The summed E-state index contributed by atoms with van der Waals surface area (Å²) in [5, 5.41) is 0.0357. The minimum absolute atomic E-state index is 0.00839. The molecule has 0 unspecified atom stereocenters. The zero-order valence-corrected chi connectivity index (χ0v) is 12.8. The zero-order valence-electron chi connectivity index (χ0n) is 9.70. The Kier molecular flexibility index (Phi) is 4.30. The molecule has 1 heterocycles. The van der Waals surface area contributed by atoms with Crippen molar-refractivity contribution in [3.63, 3.8) is 0 Å². The Hall–Kier alpha value is -0.490. The smallest absolute Gasteiger partial charge is 0.261 e. The molecule has 8 heteroatoms. The van der Waals surface area contributed by atoms with Gasteiger partial charge in [-0.15, -0.1) is 0 Å². The van der Waals surface area contributed by atoms with Crippen LogP contribution < -0.4 is 0 Å². The first kappa shape index (κ1) is 14.9. The molecule has 0 saturated carbocycles. The third-order valence-corrected chi connectivity index (χ3v) is 5.04. The number of rotatable bonds is 2. The van der Waals surface area contributed by atoms with Crippen LogP contribution in [0.1, 0.15) is 23.2 Å². The summed E-state index contributed by atoms with van der Waals surface area (Å²) in [4.78, 5) is 13.6. The number of carbonyl (C=O) groups excluding carboxylic acids is 1. The summed E-state index contributed by atoms with van der Waals surface area (Å²) in [7, 11) is 1.30. The number of hydrogen-bond acceptors (Lipinski definition) is 3. The molecule has 1 aliphatic rings. The molecule has 1 aromatic rings. The van der Waals surface area contributed by atoms with Crippen LogP contribution in [0.2, 0.25) is 10.0 Å². The van der Waals surface area contributed by atoms with E-state index in [4.69, 9.17) is 33.9 Å². The number of halogens is 3. The lowest BCUT2D eigenvalue weighted by atomic mass is 10.2. The molecule has 0 atom stereocenters. The average Bonchev–Trinajstić information content (AvgIpc) is 2.83. The van der Waals surface area contributed by atoms with Crippen LogP contribution in [0.5, 0.6) is 0 Å². The van der Waals surface area contributed by atoms with E-state index in [1.807, 2.05) is 0 Å². The lowest BCUT2D eigenvalue weighted by Crippen LogP contribution is -2.28. The highest BCUT2D eigenvalue weighted by molar-refractivity contribution is 8.13. The molecule has 4 nitrogen and oxygen atoms in total. The van der Waals surface area contributed by atoms with Gasteiger partial charge in [0.2, 0.25) is 0 Å². The van der Waals surface area contributed by atoms with Gasteiger partial charge in [0.1, 0.15) is 0 Å². The second-order valence-electron chi connectivity index (χ2n) is 4.20. The second-order valence-corrected chi connectivity index (χ2v) is 7.55. The Balaban J connectivity index is 2.50. The van der Waals surface area contributed by atoms with Crippen LogP contribution in [0, 0.1) is 0 Å². The van der Waals surface area contributed by atoms with E-state index in [0.29, 0.717) is 13.1 Å². The number of carbonyl (C=O) groups is 1. The molecular formula is C11H10Cl3NO3S. The van der Waals surface area contributed by atoms with Crippen LogP contribution in [-0.2, 0) is 9.05 Å². The van der Waals surface area contributed by atoms with Crippen molar-refractivity contribution in [2.45, 2.75) is 17.7 Å². The first-order valence-electron chi connectivity index (χ1n) is 5.53. The van der Waals surface area contributed by atoms with Crippen molar-refractivity contribution in [2.75, 3.05) is 13.1 Å². The fraction of sp³-hybridized carbons (Fsp3) is 0.364. The summed E-state index contributed by atoms with van der Waals surface area (Å²) < 4.78 is 22.7. The van der Waals surface area contributed by atoms with Crippen LogP contribution in [0.25, 0.3) is 0 Å². The first-order chi connectivity index (χ1) is 8.80. The molecule has 19 heavy (non-hydrogen) atoms. The number of likely N-dealkylation sites (tertiary alicyclic amines) is 1. The van der Waals surface area contributed by atoms with E-state index in [-0.39, 0.29) is 26.4 Å². The van der Waals surface area contributed by atoms with E-state index in [0.717, 1.165) is 25.0 Å². The minimum Gasteiger partial charge on any atom is -0.339 e. The van der Waals surface area contributed by atoms with E-state index >= 15 is 0 Å². The summed E-state index contributed by atoms with van der Waals surface area (Å²) in [5.41, 5.74) is 0.0651. The highest BCUT2D eigenvalue weighted by Crippen LogP contribution is 2.32. The number of benzene rings is 1. The predicted octanol–water partition coefficient (Wildman–Crippen LogP) is 3.16. The van der Waals surface area contributed by atoms with Crippen molar-refractivity contribution in [3.05, 3.63) is 27.7 Å². The van der Waals surface area contributed by atoms with Crippen molar-refractivity contribution >= 4 is 48.8 Å². The quantitative estimate of drug-likeness (QED) is 0.776. The minimum atomic E-state index is -3.96. The van der Waals surface area contributed by atoms with E-state index in [1.54, 1.807) is 4.90 Å². The van der Waals surface area contributed by atoms with Crippen molar-refractivity contribution in [2.24, 2.45) is 0 Å². The normalized spacial score (nSPS) is 15.8. The summed E-state index contributed by atoms with van der Waals surface area (Å²) in [6.07, 6.45) is 1.84. The number of hydrogen-bond donors (Lipinski definition) is 0. The van der Waals surface area contributed by atoms with Gasteiger partial charge in [-0.3, -0.25) is 4.79 Å². The summed E-state index contributed by atoms with van der Waals surface area (Å²) in [6.45, 7) is 1.26. The fourth-order valence-corrected chi connectivity index (χ4v) is 3.21. The highest BCUT2D eigenvalue weighted by atomic mass is 35.7. The van der Waals surface area contributed by atoms with Gasteiger partial charge in [0.25, 0.3) is 15.0 Å². The van der Waals surface area contributed by atoms with Crippen LogP contribution in [-0.4, -0.2) is 32.3 Å². The number of nitrogens with zero attached hydrogens (tertiary/aromatic N) is 1. The van der Waals surface area contributed by atoms with Crippen LogP contribution in [0.3, 0.4) is 0 Å². The SMILES string of the molecule is O=C(c1cc(S(=O)(=O)Cl)cc(Cl)c1Cl)N1CCCC1. The molecule has 1 aromatic carbocycles. The van der Waals surface area contributed by atoms with Gasteiger partial charge < -0.3 is 4.90 Å². The maximum atomic E-state index is 12.2. The Morgan fingerprint density at radius 3 is 2.26 bits per heavy atom. The molecule has 0 aromatic heterocycles. The van der Waals surface area contributed by atoms with E-state index < -0.39 is 9.05 Å². The van der Waals surface area contributed by atoms with Crippen molar-refractivity contribution in [1.82, 2.24) is 4.90 Å². The van der Waals surface area contributed by atoms with Gasteiger partial charge in [0.15, 0.2) is 0 Å². The molecule has 1 fully saturated rings. The Morgan fingerprint density at radius 1 is 1.16 bits per heavy atom. The maximum absolute atomic E-state index is 12.2. The summed E-state index contributed by atoms with van der Waals surface area (Å²) in [6, 6.07) is 2.30. The molecule has 104 valence electrons. The monoisotopic (exact) mass is 341 g/mol. The Morgan fingerprint density at radius 2 is 1.74 bits per heavy atom. The topological polar surface area (TPSA) is 54.5 Å². The largest absolute Gasteiger partial charge is 0.339 e. The Labute approximate surface area is 125 Å². The molecule has 0 N–H and O–H groups in total. The van der Waals surface area contributed by atoms with Gasteiger partial charge in [0, 0.05) is 23.8 Å². The third kappa shape index (κ3) is 3.16. The van der Waals surface area contributed by atoms with Gasteiger partial charge in [0.05, 0.1) is 20.5 Å². The zero-order chi connectivity index (χ0) is 14.2. The predicted molar refractivity (Wildman–Crippen MR) is 74.6 cm³/mol. The van der Waals surface area contributed by atoms with Gasteiger partial charge in [-0.1, -0.05) is 23.2 Å². The third-order valence-electron chi connectivity index (χ3n) is 2.91. The van der Waals surface area contributed by atoms with Crippen LogP contribution in [0.15, 0.2) is 17.0 Å². The average molecular weight is 343 g/mol. The summed E-state index contributed by atoms with van der Waals surface area (Å²) >= 11 is 11.8. The van der Waals surface area contributed by atoms with Gasteiger partial charge >= 0.3 is 0 Å². The van der Waals surface area contributed by atoms with Gasteiger partial charge in [-0.2, -0.15) is 0 Å². The highest BCUT2D eigenvalue weighted by Gasteiger charge is 2.25.